The van der Waals surface area contributed by atoms with Crippen molar-refractivity contribution in [3.05, 3.63) is 59.2 Å². The molecule has 0 radical (unpaired) electrons. The zero-order valence-corrected chi connectivity index (χ0v) is 16.1. The normalized spacial score (nSPS) is 11.0. The highest BCUT2D eigenvalue weighted by atomic mass is 16.5. The van der Waals surface area contributed by atoms with Crippen LogP contribution < -0.4 is 15.5 Å². The van der Waals surface area contributed by atoms with Crippen molar-refractivity contribution in [2.75, 3.05) is 12.4 Å². The molecule has 0 spiro atoms. The van der Waals surface area contributed by atoms with Crippen molar-refractivity contribution in [3.63, 3.8) is 0 Å². The third-order valence-corrected chi connectivity index (χ3v) is 4.10. The van der Waals surface area contributed by atoms with Crippen molar-refractivity contribution in [1.29, 1.82) is 0 Å². The van der Waals surface area contributed by atoms with Gasteiger partial charge in [-0.05, 0) is 67.8 Å². The molecule has 0 aliphatic heterocycles. The lowest BCUT2D eigenvalue weighted by molar-refractivity contribution is -0.124. The molecule has 0 unspecified atom stereocenters. The highest BCUT2D eigenvalue weighted by Crippen LogP contribution is 2.16. The summed E-state index contributed by atoms with van der Waals surface area (Å²) in [5, 5.41) is 6.92. The minimum absolute atomic E-state index is 0.0656. The number of hydrazone groups is 1. The molecule has 6 nitrogen and oxygen atoms in total. The maximum absolute atomic E-state index is 12.1. The predicted molar refractivity (Wildman–Crippen MR) is 107 cm³/mol. The smallest absolute Gasteiger partial charge is 0.240 e. The highest BCUT2D eigenvalue weighted by Gasteiger charge is 2.09. The molecule has 2 N–H and O–H groups in total. The number of nitrogens with zero attached hydrogens (tertiary/aromatic N) is 1. The van der Waals surface area contributed by atoms with Crippen LogP contribution in [0, 0.1) is 13.8 Å². The van der Waals surface area contributed by atoms with E-state index in [9.17, 15) is 9.59 Å². The lowest BCUT2D eigenvalue weighted by Crippen LogP contribution is -2.22. The zero-order valence-electron chi connectivity index (χ0n) is 16.1. The minimum atomic E-state index is -0.307. The van der Waals surface area contributed by atoms with Gasteiger partial charge in [0, 0.05) is 18.5 Å². The van der Waals surface area contributed by atoms with Gasteiger partial charge in [-0.2, -0.15) is 5.10 Å². The van der Waals surface area contributed by atoms with Crippen LogP contribution in [0.3, 0.4) is 0 Å². The van der Waals surface area contributed by atoms with Crippen LogP contribution in [0.25, 0.3) is 0 Å². The third-order valence-electron chi connectivity index (χ3n) is 4.10. The first-order valence-electron chi connectivity index (χ1n) is 8.73. The Labute approximate surface area is 159 Å². The maximum atomic E-state index is 12.1. The molecule has 0 aliphatic rings. The number of hydrogen-bond acceptors (Lipinski definition) is 4. The predicted octanol–water partition coefficient (Wildman–Crippen LogP) is 3.57. The van der Waals surface area contributed by atoms with Crippen LogP contribution in [0.2, 0.25) is 0 Å². The van der Waals surface area contributed by atoms with Crippen LogP contribution in [0.1, 0.15) is 36.5 Å². The van der Waals surface area contributed by atoms with Crippen LogP contribution in [-0.4, -0.2) is 24.6 Å². The molecule has 0 aliphatic carbocycles. The van der Waals surface area contributed by atoms with E-state index in [0.717, 1.165) is 28.1 Å². The number of carbonyl (C=O) groups excluding carboxylic acids is 2. The Bertz CT molecular complexity index is 842. The van der Waals surface area contributed by atoms with Gasteiger partial charge in [-0.25, -0.2) is 5.43 Å². The second-order valence-electron chi connectivity index (χ2n) is 6.33. The average molecular weight is 367 g/mol. The van der Waals surface area contributed by atoms with Gasteiger partial charge < -0.3 is 10.1 Å². The number of rotatable bonds is 7. The summed E-state index contributed by atoms with van der Waals surface area (Å²) in [6.45, 7) is 5.69. The van der Waals surface area contributed by atoms with Crippen molar-refractivity contribution in [3.8, 4) is 5.75 Å². The van der Waals surface area contributed by atoms with Crippen molar-refractivity contribution in [2.45, 2.75) is 33.6 Å². The van der Waals surface area contributed by atoms with E-state index >= 15 is 0 Å². The minimum Gasteiger partial charge on any atom is -0.497 e. The van der Waals surface area contributed by atoms with Crippen LogP contribution in [0.5, 0.6) is 5.75 Å². The van der Waals surface area contributed by atoms with Crippen LogP contribution in [0.4, 0.5) is 5.69 Å². The van der Waals surface area contributed by atoms with E-state index in [1.54, 1.807) is 14.0 Å². The summed E-state index contributed by atoms with van der Waals surface area (Å²) in [7, 11) is 1.60. The first kappa shape index (κ1) is 20.2. The van der Waals surface area contributed by atoms with E-state index in [1.807, 2.05) is 56.3 Å². The molecule has 142 valence electrons. The number of ether oxygens (including phenoxy) is 1. The Kier molecular flexibility index (Phi) is 7.11. The van der Waals surface area contributed by atoms with E-state index in [4.69, 9.17) is 4.74 Å². The molecular formula is C21H25N3O3. The lowest BCUT2D eigenvalue weighted by Gasteiger charge is -2.09. The molecule has 0 saturated heterocycles. The molecule has 2 aromatic carbocycles. The zero-order chi connectivity index (χ0) is 19.8. The number of hydrogen-bond donors (Lipinski definition) is 2. The summed E-state index contributed by atoms with van der Waals surface area (Å²) >= 11 is 0. The fraction of sp³-hybridized carbons (Fsp3) is 0.286. The largest absolute Gasteiger partial charge is 0.497 e. The monoisotopic (exact) mass is 367 g/mol. The average Bonchev–Trinajstić information content (AvgIpc) is 2.67. The Balaban J connectivity index is 1.82. The number of methoxy groups -OCH3 is 1. The van der Waals surface area contributed by atoms with Crippen LogP contribution in [0.15, 0.2) is 47.6 Å². The number of anilines is 1. The molecule has 0 fully saturated rings. The summed E-state index contributed by atoms with van der Waals surface area (Å²) < 4.78 is 5.11. The molecular weight excluding hydrogens is 342 g/mol. The first-order chi connectivity index (χ1) is 12.9. The van der Waals surface area contributed by atoms with E-state index in [2.05, 4.69) is 15.8 Å². The van der Waals surface area contributed by atoms with Crippen molar-refractivity contribution < 1.29 is 14.3 Å². The highest BCUT2D eigenvalue weighted by molar-refractivity contribution is 5.99. The van der Waals surface area contributed by atoms with Gasteiger partial charge in [-0.3, -0.25) is 9.59 Å². The Morgan fingerprint density at radius 3 is 2.33 bits per heavy atom. The molecule has 2 amide bonds. The lowest BCUT2D eigenvalue weighted by atomic mass is 10.1. The second-order valence-corrected chi connectivity index (χ2v) is 6.33. The molecule has 6 heteroatoms. The van der Waals surface area contributed by atoms with Crippen LogP contribution in [-0.2, 0) is 9.59 Å². The molecule has 0 bridgehead atoms. The van der Waals surface area contributed by atoms with Gasteiger partial charge in [0.15, 0.2) is 0 Å². The summed E-state index contributed by atoms with van der Waals surface area (Å²) in [4.78, 5) is 24.0. The first-order valence-corrected chi connectivity index (χ1v) is 8.73. The van der Waals surface area contributed by atoms with Crippen LogP contribution >= 0.6 is 0 Å². The van der Waals surface area contributed by atoms with E-state index < -0.39 is 0 Å². The SMILES string of the molecule is COc1ccc(C(C)=NNC(=O)CCC(=O)Nc2cc(C)ccc2C)cc1. The number of carbonyl (C=O) groups is 2. The van der Waals surface area contributed by atoms with Crippen molar-refractivity contribution in [1.82, 2.24) is 5.43 Å². The molecule has 0 aromatic heterocycles. The summed E-state index contributed by atoms with van der Waals surface area (Å²) in [5.41, 5.74) is 6.86. The Morgan fingerprint density at radius 2 is 1.67 bits per heavy atom. The third kappa shape index (κ3) is 6.26. The molecule has 27 heavy (non-hydrogen) atoms. The van der Waals surface area contributed by atoms with Gasteiger partial charge in [0.05, 0.1) is 12.8 Å². The fourth-order valence-corrected chi connectivity index (χ4v) is 2.41. The van der Waals surface area contributed by atoms with Crippen molar-refractivity contribution in [2.24, 2.45) is 5.10 Å². The van der Waals surface area contributed by atoms with E-state index in [1.165, 1.54) is 0 Å². The van der Waals surface area contributed by atoms with Gasteiger partial charge in [-0.1, -0.05) is 12.1 Å². The standard InChI is InChI=1S/C21H25N3O3/c1-14-5-6-15(2)19(13-14)22-20(25)11-12-21(26)24-23-16(3)17-7-9-18(27-4)10-8-17/h5-10,13H,11-12H2,1-4H3,(H,22,25)(H,24,26). The van der Waals surface area contributed by atoms with Gasteiger partial charge in [0.2, 0.25) is 11.8 Å². The summed E-state index contributed by atoms with van der Waals surface area (Å²) in [6.07, 6.45) is 0.159. The van der Waals surface area contributed by atoms with Crippen molar-refractivity contribution >= 4 is 23.2 Å². The van der Waals surface area contributed by atoms with Gasteiger partial charge in [-0.15, -0.1) is 0 Å². The number of nitrogens with one attached hydrogen (secondary N) is 2. The Hall–Kier alpha value is -3.15. The number of amides is 2. The van der Waals surface area contributed by atoms with Gasteiger partial charge in [0.25, 0.3) is 0 Å². The summed E-state index contributed by atoms with van der Waals surface area (Å²) in [6, 6.07) is 13.2. The maximum Gasteiger partial charge on any atom is 0.240 e. The summed E-state index contributed by atoms with van der Waals surface area (Å²) in [5.74, 6) is 0.249. The number of aryl methyl sites for hydroxylation is 2. The molecule has 0 heterocycles. The fourth-order valence-electron chi connectivity index (χ4n) is 2.41. The van der Waals surface area contributed by atoms with E-state index in [-0.39, 0.29) is 24.7 Å². The Morgan fingerprint density at radius 1 is 1.00 bits per heavy atom. The second kappa shape index (κ2) is 9.52. The quantitative estimate of drug-likeness (QED) is 0.580. The van der Waals surface area contributed by atoms with Gasteiger partial charge in [0.1, 0.15) is 5.75 Å². The topological polar surface area (TPSA) is 79.8 Å². The molecule has 0 saturated carbocycles. The number of benzene rings is 2. The van der Waals surface area contributed by atoms with Gasteiger partial charge >= 0.3 is 0 Å². The molecule has 2 rings (SSSR count). The molecule has 2 aromatic rings. The van der Waals surface area contributed by atoms with E-state index in [0.29, 0.717) is 5.71 Å². The molecule has 0 atom stereocenters.